The largest absolute Gasteiger partial charge is 0.378 e. The molecule has 0 saturated heterocycles. The van der Waals surface area contributed by atoms with Gasteiger partial charge < -0.3 is 5.73 Å². The Bertz CT molecular complexity index is 438. The highest BCUT2D eigenvalue weighted by Crippen LogP contribution is 2.17. The van der Waals surface area contributed by atoms with Gasteiger partial charge in [0.25, 0.3) is 5.69 Å². The van der Waals surface area contributed by atoms with Gasteiger partial charge in [-0.25, -0.2) is 0 Å². The molecule has 6 nitrogen and oxygen atoms in total. The van der Waals surface area contributed by atoms with E-state index in [4.69, 9.17) is 11.1 Å². The Hall–Kier alpha value is -1.60. The zero-order valence-electron chi connectivity index (χ0n) is 7.88. The van der Waals surface area contributed by atoms with Crippen LogP contribution in [-0.4, -0.2) is 15.2 Å². The first-order chi connectivity index (χ1) is 7.00. The molecule has 0 aliphatic heterocycles. The molecule has 0 aliphatic rings. The minimum atomic E-state index is -0.588. The number of nitro groups is 1. The van der Waals surface area contributed by atoms with Crippen LogP contribution in [0, 0.1) is 15.5 Å². The number of carbonyl (C=O) groups excluding carboxylic acids is 1. The van der Waals surface area contributed by atoms with E-state index in [1.54, 1.807) is 0 Å². The number of nitrogens with two attached hydrogens (primary N) is 1. The first-order valence-electron chi connectivity index (χ1n) is 3.81. The molecule has 0 saturated carbocycles. The quantitative estimate of drug-likeness (QED) is 0.365. The number of hydrogen-bond donors (Lipinski definition) is 2. The van der Waals surface area contributed by atoms with Gasteiger partial charge in [0.2, 0.25) is 5.12 Å². The summed E-state index contributed by atoms with van der Waals surface area (Å²) in [5.41, 5.74) is 5.01. The molecule has 1 aromatic carbocycles. The van der Waals surface area contributed by atoms with Gasteiger partial charge >= 0.3 is 0 Å². The van der Waals surface area contributed by atoms with Gasteiger partial charge in [0.15, 0.2) is 5.17 Å². The summed E-state index contributed by atoms with van der Waals surface area (Å²) >= 11 is 0.528. The van der Waals surface area contributed by atoms with Crippen molar-refractivity contribution in [1.82, 2.24) is 0 Å². The van der Waals surface area contributed by atoms with Crippen LogP contribution in [0.3, 0.4) is 0 Å². The Kier molecular flexibility index (Phi) is 5.48. The van der Waals surface area contributed by atoms with Crippen molar-refractivity contribution in [3.63, 3.8) is 0 Å². The van der Waals surface area contributed by atoms with Crippen LogP contribution >= 0.6 is 24.2 Å². The molecule has 0 atom stereocenters. The summed E-state index contributed by atoms with van der Waals surface area (Å²) in [4.78, 5) is 21.2. The highest BCUT2D eigenvalue weighted by molar-refractivity contribution is 8.26. The number of halogens is 1. The molecular formula is C8H8ClN3O3S. The van der Waals surface area contributed by atoms with E-state index >= 15 is 0 Å². The lowest BCUT2D eigenvalue weighted by atomic mass is 10.2. The number of nitrogens with one attached hydrogen (secondary N) is 1. The number of carbonyl (C=O) groups is 1. The number of non-ortho nitro benzene ring substituents is 1. The molecule has 1 rings (SSSR count). The molecule has 0 fully saturated rings. The van der Waals surface area contributed by atoms with Gasteiger partial charge in [-0.3, -0.25) is 20.3 Å². The normalized spacial score (nSPS) is 9.00. The molecule has 0 aromatic heterocycles. The van der Waals surface area contributed by atoms with Gasteiger partial charge in [0.1, 0.15) is 0 Å². The van der Waals surface area contributed by atoms with Crippen molar-refractivity contribution in [3.8, 4) is 0 Å². The van der Waals surface area contributed by atoms with Crippen molar-refractivity contribution >= 4 is 40.1 Å². The van der Waals surface area contributed by atoms with Crippen LogP contribution in [-0.2, 0) is 0 Å². The van der Waals surface area contributed by atoms with E-state index in [9.17, 15) is 14.9 Å². The zero-order chi connectivity index (χ0) is 11.4. The molecule has 0 bridgehead atoms. The summed E-state index contributed by atoms with van der Waals surface area (Å²) in [6.07, 6.45) is 0. The number of amidine groups is 1. The molecule has 0 amide bonds. The molecule has 1 aromatic rings. The molecule has 8 heteroatoms. The predicted molar refractivity (Wildman–Crippen MR) is 64.2 cm³/mol. The van der Waals surface area contributed by atoms with Crippen LogP contribution in [0.1, 0.15) is 10.4 Å². The average molecular weight is 262 g/mol. The molecule has 0 aliphatic carbocycles. The summed E-state index contributed by atoms with van der Waals surface area (Å²) in [5.74, 6) is 0. The fourth-order valence-corrected chi connectivity index (χ4v) is 1.35. The van der Waals surface area contributed by atoms with Crippen LogP contribution in [0.5, 0.6) is 0 Å². The monoisotopic (exact) mass is 261 g/mol. The van der Waals surface area contributed by atoms with E-state index in [1.165, 1.54) is 18.2 Å². The van der Waals surface area contributed by atoms with Crippen LogP contribution < -0.4 is 5.73 Å². The summed E-state index contributed by atoms with van der Waals surface area (Å²) in [7, 11) is 0. The highest BCUT2D eigenvalue weighted by Gasteiger charge is 2.12. The average Bonchev–Trinajstić information content (AvgIpc) is 2.17. The van der Waals surface area contributed by atoms with Gasteiger partial charge in [-0.05, 0) is 17.8 Å². The second kappa shape index (κ2) is 6.09. The SMILES string of the molecule is Cl.N=C(N)SC(=O)c1cccc([N+](=O)[O-])c1. The summed E-state index contributed by atoms with van der Waals surface area (Å²) in [6.45, 7) is 0. The smallest absolute Gasteiger partial charge is 0.270 e. The molecule has 3 N–H and O–H groups in total. The number of thioether (sulfide) groups is 1. The topological polar surface area (TPSA) is 110 Å². The standard InChI is InChI=1S/C8H7N3O3S.ClH/c9-8(10)15-7(12)5-2-1-3-6(4-5)11(13)14;/h1-4H,(H3,9,10);1H. The Morgan fingerprint density at radius 3 is 2.62 bits per heavy atom. The lowest BCUT2D eigenvalue weighted by molar-refractivity contribution is -0.384. The third-order valence-electron chi connectivity index (χ3n) is 1.50. The predicted octanol–water partition coefficient (Wildman–Crippen LogP) is 1.78. The summed E-state index contributed by atoms with van der Waals surface area (Å²) < 4.78 is 0. The first kappa shape index (κ1) is 14.4. The third-order valence-corrected chi connectivity index (χ3v) is 2.14. The van der Waals surface area contributed by atoms with E-state index in [0.29, 0.717) is 11.8 Å². The maximum atomic E-state index is 11.3. The second-order valence-electron chi connectivity index (χ2n) is 2.56. The van der Waals surface area contributed by atoms with Gasteiger partial charge in [-0.1, -0.05) is 6.07 Å². The summed E-state index contributed by atoms with van der Waals surface area (Å²) in [6, 6.07) is 5.28. The number of nitrogens with zero attached hydrogens (tertiary/aromatic N) is 1. The van der Waals surface area contributed by atoms with Crippen LogP contribution in [0.25, 0.3) is 0 Å². The number of benzene rings is 1. The second-order valence-corrected chi connectivity index (χ2v) is 3.58. The van der Waals surface area contributed by atoms with Gasteiger partial charge in [-0.2, -0.15) is 0 Å². The lowest BCUT2D eigenvalue weighted by Crippen LogP contribution is -2.08. The Morgan fingerprint density at radius 1 is 1.50 bits per heavy atom. The molecule has 0 radical (unpaired) electrons. The lowest BCUT2D eigenvalue weighted by Gasteiger charge is -1.98. The van der Waals surface area contributed by atoms with E-state index in [1.807, 2.05) is 0 Å². The van der Waals surface area contributed by atoms with Crippen molar-refractivity contribution in [2.75, 3.05) is 0 Å². The number of hydrogen-bond acceptors (Lipinski definition) is 5. The number of nitro benzene ring substituents is 1. The third kappa shape index (κ3) is 3.87. The van der Waals surface area contributed by atoms with E-state index < -0.39 is 10.0 Å². The van der Waals surface area contributed by atoms with Crippen LogP contribution in [0.15, 0.2) is 24.3 Å². The van der Waals surface area contributed by atoms with E-state index in [-0.39, 0.29) is 28.8 Å². The van der Waals surface area contributed by atoms with Gasteiger partial charge in [-0.15, -0.1) is 12.4 Å². The van der Waals surface area contributed by atoms with Gasteiger partial charge in [0, 0.05) is 17.7 Å². The first-order valence-corrected chi connectivity index (χ1v) is 4.63. The van der Waals surface area contributed by atoms with E-state index in [0.717, 1.165) is 6.07 Å². The Morgan fingerprint density at radius 2 is 2.12 bits per heavy atom. The molecule has 0 heterocycles. The number of rotatable bonds is 2. The minimum Gasteiger partial charge on any atom is -0.378 e. The fourth-order valence-electron chi connectivity index (χ4n) is 0.905. The maximum Gasteiger partial charge on any atom is 0.270 e. The van der Waals surface area contributed by atoms with Crippen molar-refractivity contribution in [1.29, 1.82) is 5.41 Å². The molecule has 0 unspecified atom stereocenters. The van der Waals surface area contributed by atoms with Crippen molar-refractivity contribution in [2.45, 2.75) is 0 Å². The molecular weight excluding hydrogens is 254 g/mol. The van der Waals surface area contributed by atoms with Crippen molar-refractivity contribution in [2.24, 2.45) is 5.73 Å². The molecule has 0 spiro atoms. The van der Waals surface area contributed by atoms with Crippen molar-refractivity contribution < 1.29 is 9.72 Å². The van der Waals surface area contributed by atoms with Gasteiger partial charge in [0.05, 0.1) is 4.92 Å². The fraction of sp³-hybridized carbons (Fsp3) is 0. The highest BCUT2D eigenvalue weighted by atomic mass is 35.5. The summed E-state index contributed by atoms with van der Waals surface area (Å²) in [5, 5.41) is 16.5. The Labute approximate surface area is 101 Å². The molecule has 86 valence electrons. The van der Waals surface area contributed by atoms with Crippen molar-refractivity contribution in [3.05, 3.63) is 39.9 Å². The van der Waals surface area contributed by atoms with E-state index in [2.05, 4.69) is 0 Å². The van der Waals surface area contributed by atoms with Crippen LogP contribution in [0.4, 0.5) is 5.69 Å². The zero-order valence-corrected chi connectivity index (χ0v) is 9.51. The minimum absolute atomic E-state index is 0. The maximum absolute atomic E-state index is 11.3. The molecule has 16 heavy (non-hydrogen) atoms. The van der Waals surface area contributed by atoms with Crippen LogP contribution in [0.2, 0.25) is 0 Å². The Balaban J connectivity index is 0.00000225.